The molecule has 0 atom stereocenters. The zero-order chi connectivity index (χ0) is 12.1. The average molecular weight is 224 g/mol. The minimum Gasteiger partial charge on any atom is -0.468 e. The fourth-order valence-corrected chi connectivity index (χ4v) is 1.72. The van der Waals surface area contributed by atoms with Crippen molar-refractivity contribution in [3.05, 3.63) is 22.1 Å². The third-order valence-corrected chi connectivity index (χ3v) is 2.88. The highest BCUT2D eigenvalue weighted by molar-refractivity contribution is 5.06. The van der Waals surface area contributed by atoms with Crippen LogP contribution in [-0.2, 0) is 6.54 Å². The number of aromatic nitrogens is 2. The van der Waals surface area contributed by atoms with Crippen molar-refractivity contribution in [1.82, 2.24) is 9.55 Å². The monoisotopic (exact) mass is 224 g/mol. The summed E-state index contributed by atoms with van der Waals surface area (Å²) in [5, 5.41) is 0. The molecule has 0 saturated heterocycles. The normalized spacial score (nSPS) is 10.8. The molecular weight excluding hydrogens is 204 g/mol. The number of aryl methyl sites for hydroxylation is 1. The highest BCUT2D eigenvalue weighted by atomic mass is 16.5. The van der Waals surface area contributed by atoms with E-state index in [0.717, 1.165) is 12.8 Å². The van der Waals surface area contributed by atoms with Crippen molar-refractivity contribution in [2.75, 3.05) is 7.11 Å². The number of rotatable bonds is 5. The first kappa shape index (κ1) is 12.7. The van der Waals surface area contributed by atoms with Gasteiger partial charge < -0.3 is 4.74 Å². The lowest BCUT2D eigenvalue weighted by atomic mass is 10.0. The van der Waals surface area contributed by atoms with Gasteiger partial charge in [-0.15, -0.1) is 0 Å². The number of nitrogens with zero attached hydrogens (tertiary/aromatic N) is 2. The highest BCUT2D eigenvalue weighted by Crippen LogP contribution is 2.13. The van der Waals surface area contributed by atoms with E-state index in [1.165, 1.54) is 0 Å². The summed E-state index contributed by atoms with van der Waals surface area (Å²) in [5.41, 5.74) is 0.666. The Labute approximate surface area is 96.3 Å². The van der Waals surface area contributed by atoms with E-state index < -0.39 is 0 Å². The van der Waals surface area contributed by atoms with E-state index in [1.807, 2.05) is 0 Å². The molecule has 0 N–H and O–H groups in total. The van der Waals surface area contributed by atoms with Gasteiger partial charge in [0, 0.05) is 18.3 Å². The lowest BCUT2D eigenvalue weighted by Crippen LogP contribution is -2.26. The Kier molecular flexibility index (Phi) is 4.52. The highest BCUT2D eigenvalue weighted by Gasteiger charge is 2.11. The Bertz CT molecular complexity index is 394. The maximum absolute atomic E-state index is 11.8. The molecule has 4 nitrogen and oxygen atoms in total. The molecule has 0 radical (unpaired) electrons. The fourth-order valence-electron chi connectivity index (χ4n) is 1.72. The first-order chi connectivity index (χ1) is 7.62. The van der Waals surface area contributed by atoms with Crippen LogP contribution < -0.4 is 10.3 Å². The molecule has 0 amide bonds. The predicted octanol–water partition coefficient (Wildman–Crippen LogP) is 2.00. The second-order valence-corrected chi connectivity index (χ2v) is 4.02. The van der Waals surface area contributed by atoms with E-state index in [2.05, 4.69) is 18.8 Å². The minimum absolute atomic E-state index is 0.0312. The van der Waals surface area contributed by atoms with E-state index in [-0.39, 0.29) is 5.56 Å². The van der Waals surface area contributed by atoms with Gasteiger partial charge in [-0.3, -0.25) is 9.36 Å². The summed E-state index contributed by atoms with van der Waals surface area (Å²) in [5.74, 6) is 0.496. The van der Waals surface area contributed by atoms with Crippen molar-refractivity contribution in [1.29, 1.82) is 0 Å². The SMILES string of the molecule is CCC(CC)Cn1c(OC)nc(C)cc1=O. The van der Waals surface area contributed by atoms with Crippen LogP contribution in [0.2, 0.25) is 0 Å². The molecule has 1 aromatic rings. The molecule has 90 valence electrons. The van der Waals surface area contributed by atoms with E-state index in [0.29, 0.717) is 24.2 Å². The van der Waals surface area contributed by atoms with Gasteiger partial charge in [-0.25, -0.2) is 4.98 Å². The van der Waals surface area contributed by atoms with E-state index in [4.69, 9.17) is 4.74 Å². The summed E-state index contributed by atoms with van der Waals surface area (Å²) in [6.07, 6.45) is 2.11. The van der Waals surface area contributed by atoms with Crippen molar-refractivity contribution in [3.63, 3.8) is 0 Å². The fraction of sp³-hybridized carbons (Fsp3) is 0.667. The molecule has 0 aliphatic carbocycles. The summed E-state index contributed by atoms with van der Waals surface area (Å²) >= 11 is 0. The van der Waals surface area contributed by atoms with E-state index in [9.17, 15) is 4.79 Å². The summed E-state index contributed by atoms with van der Waals surface area (Å²) in [6, 6.07) is 1.96. The molecule has 0 fully saturated rings. The molecule has 0 aliphatic heterocycles. The molecule has 1 heterocycles. The van der Waals surface area contributed by atoms with Gasteiger partial charge in [-0.2, -0.15) is 0 Å². The lowest BCUT2D eigenvalue weighted by Gasteiger charge is -2.16. The summed E-state index contributed by atoms with van der Waals surface area (Å²) in [7, 11) is 1.55. The van der Waals surface area contributed by atoms with Crippen molar-refractivity contribution in [2.24, 2.45) is 5.92 Å². The van der Waals surface area contributed by atoms with Crippen molar-refractivity contribution in [2.45, 2.75) is 40.2 Å². The zero-order valence-corrected chi connectivity index (χ0v) is 10.5. The molecule has 0 saturated carbocycles. The van der Waals surface area contributed by atoms with Crippen LogP contribution >= 0.6 is 0 Å². The minimum atomic E-state index is -0.0312. The molecule has 1 aromatic heterocycles. The Hall–Kier alpha value is -1.32. The summed E-state index contributed by atoms with van der Waals surface area (Å²) in [4.78, 5) is 16.0. The molecule has 0 unspecified atom stereocenters. The molecule has 4 heteroatoms. The number of methoxy groups -OCH3 is 1. The van der Waals surface area contributed by atoms with Crippen LogP contribution in [0.4, 0.5) is 0 Å². The standard InChI is InChI=1S/C12H20N2O2/c1-5-10(6-2)8-14-11(15)7-9(3)13-12(14)16-4/h7,10H,5-6,8H2,1-4H3. The second kappa shape index (κ2) is 5.68. The Morgan fingerprint density at radius 3 is 2.56 bits per heavy atom. The molecular formula is C12H20N2O2. The van der Waals surface area contributed by atoms with Crippen LogP contribution in [0.1, 0.15) is 32.4 Å². The third-order valence-electron chi connectivity index (χ3n) is 2.88. The first-order valence-corrected chi connectivity index (χ1v) is 5.74. The average Bonchev–Trinajstić information content (AvgIpc) is 2.27. The van der Waals surface area contributed by atoms with Gasteiger partial charge in [0.15, 0.2) is 0 Å². The van der Waals surface area contributed by atoms with Crippen molar-refractivity contribution in [3.8, 4) is 6.01 Å². The molecule has 0 bridgehead atoms. The van der Waals surface area contributed by atoms with Crippen LogP contribution in [0, 0.1) is 12.8 Å². The summed E-state index contributed by atoms with van der Waals surface area (Å²) < 4.78 is 6.76. The Morgan fingerprint density at radius 2 is 2.06 bits per heavy atom. The van der Waals surface area contributed by atoms with Gasteiger partial charge >= 0.3 is 0 Å². The lowest BCUT2D eigenvalue weighted by molar-refractivity contribution is 0.315. The topological polar surface area (TPSA) is 44.1 Å². The van der Waals surface area contributed by atoms with Crippen LogP contribution in [0.15, 0.2) is 10.9 Å². The number of hydrogen-bond acceptors (Lipinski definition) is 3. The number of hydrogen-bond donors (Lipinski definition) is 0. The van der Waals surface area contributed by atoms with Crippen LogP contribution in [-0.4, -0.2) is 16.7 Å². The number of ether oxygens (including phenoxy) is 1. The maximum atomic E-state index is 11.8. The van der Waals surface area contributed by atoms with Gasteiger partial charge in [-0.1, -0.05) is 26.7 Å². The second-order valence-electron chi connectivity index (χ2n) is 4.02. The van der Waals surface area contributed by atoms with E-state index >= 15 is 0 Å². The van der Waals surface area contributed by atoms with Gasteiger partial charge in [0.2, 0.25) is 0 Å². The summed E-state index contributed by atoms with van der Waals surface area (Å²) in [6.45, 7) is 6.74. The smallest absolute Gasteiger partial charge is 0.299 e. The van der Waals surface area contributed by atoms with Gasteiger partial charge in [0.05, 0.1) is 7.11 Å². The van der Waals surface area contributed by atoms with Crippen LogP contribution in [0.5, 0.6) is 6.01 Å². The first-order valence-electron chi connectivity index (χ1n) is 5.74. The molecule has 1 rings (SSSR count). The Balaban J connectivity index is 3.07. The quantitative estimate of drug-likeness (QED) is 0.768. The third kappa shape index (κ3) is 2.84. The predicted molar refractivity (Wildman–Crippen MR) is 63.9 cm³/mol. The zero-order valence-electron chi connectivity index (χ0n) is 10.5. The van der Waals surface area contributed by atoms with E-state index in [1.54, 1.807) is 24.7 Å². The van der Waals surface area contributed by atoms with Crippen molar-refractivity contribution >= 4 is 0 Å². The van der Waals surface area contributed by atoms with Crippen molar-refractivity contribution < 1.29 is 4.74 Å². The largest absolute Gasteiger partial charge is 0.468 e. The van der Waals surface area contributed by atoms with Gasteiger partial charge in [0.25, 0.3) is 11.6 Å². The van der Waals surface area contributed by atoms with Crippen LogP contribution in [0.3, 0.4) is 0 Å². The Morgan fingerprint density at radius 1 is 1.44 bits per heavy atom. The molecule has 0 spiro atoms. The maximum Gasteiger partial charge on any atom is 0.299 e. The van der Waals surface area contributed by atoms with Gasteiger partial charge in [0.1, 0.15) is 0 Å². The van der Waals surface area contributed by atoms with Crippen LogP contribution in [0.25, 0.3) is 0 Å². The van der Waals surface area contributed by atoms with Gasteiger partial charge in [-0.05, 0) is 12.8 Å². The molecule has 0 aliphatic rings. The molecule has 0 aromatic carbocycles. The molecule has 16 heavy (non-hydrogen) atoms.